The fourth-order valence-corrected chi connectivity index (χ4v) is 11.5. The van der Waals surface area contributed by atoms with Gasteiger partial charge in [0.25, 0.3) is 0 Å². The van der Waals surface area contributed by atoms with Crippen LogP contribution >= 0.6 is 0 Å². The van der Waals surface area contributed by atoms with Gasteiger partial charge in [-0.3, -0.25) is 0 Å². The van der Waals surface area contributed by atoms with Crippen LogP contribution in [0.5, 0.6) is 0 Å². The second kappa shape index (κ2) is 47.8. The zero-order chi connectivity index (χ0) is 51.1. The first-order valence-corrected chi connectivity index (χ1v) is 32.2. The van der Waals surface area contributed by atoms with Gasteiger partial charge in [-0.1, -0.05) is 132 Å². The Morgan fingerprint density at radius 1 is 0.400 bits per heavy atom. The molecule has 2 aromatic carbocycles. The second-order valence-electron chi connectivity index (χ2n) is 20.9. The van der Waals surface area contributed by atoms with Gasteiger partial charge in [0.1, 0.15) is 0 Å². The Balaban J connectivity index is 0.000000782. The van der Waals surface area contributed by atoms with E-state index in [9.17, 15) is 5.53 Å². The van der Waals surface area contributed by atoms with Gasteiger partial charge in [0.15, 0.2) is 0 Å². The number of unbranched alkanes of at least 4 members (excludes halogenated alkanes) is 27. The Labute approximate surface area is 444 Å². The number of allylic oxidation sites excluding steroid dienone is 2. The van der Waals surface area contributed by atoms with Gasteiger partial charge in [-0.25, -0.2) is 0 Å². The molecule has 0 aliphatic carbocycles. The van der Waals surface area contributed by atoms with E-state index in [0.29, 0.717) is 0 Å². The minimum atomic E-state index is 0.861. The van der Waals surface area contributed by atoms with Crippen molar-refractivity contribution in [1.29, 1.82) is 0 Å². The van der Waals surface area contributed by atoms with E-state index in [-0.39, 0.29) is 0 Å². The summed E-state index contributed by atoms with van der Waals surface area (Å²) >= 11 is 2.03. The summed E-state index contributed by atoms with van der Waals surface area (Å²) in [5.41, 5.74) is 23.6. The Morgan fingerprint density at radius 2 is 0.743 bits per heavy atom. The van der Waals surface area contributed by atoms with Crippen LogP contribution in [0, 0.1) is 0 Å². The fraction of sp³-hybridized carbons (Fsp3) is 0.761. The van der Waals surface area contributed by atoms with Crippen LogP contribution in [0.1, 0.15) is 325 Å². The molecule has 0 bridgehead atoms. The number of rotatable bonds is 45. The molecule has 0 aromatic heterocycles. The zero-order valence-electron chi connectivity index (χ0n) is 48.3. The first kappa shape index (κ1) is 65.8. The van der Waals surface area contributed by atoms with Gasteiger partial charge < -0.3 is 5.53 Å². The van der Waals surface area contributed by atoms with Gasteiger partial charge in [-0.2, -0.15) is 0 Å². The average molecular weight is 1010 g/mol. The van der Waals surface area contributed by atoms with Gasteiger partial charge in [-0.15, -0.1) is 4.79 Å². The van der Waals surface area contributed by atoms with E-state index < -0.39 is 0 Å². The molecular formula is C67H116N2Ni. The molecule has 0 radical (unpaired) electrons. The summed E-state index contributed by atoms with van der Waals surface area (Å²) < 4.78 is 0. The van der Waals surface area contributed by atoms with Crippen molar-refractivity contribution in [3.8, 4) is 0 Å². The molecule has 2 rings (SSSR count). The number of benzene rings is 2. The van der Waals surface area contributed by atoms with E-state index in [1.165, 1.54) is 250 Å². The molecule has 0 N–H and O–H groups in total. The second-order valence-corrected chi connectivity index (χ2v) is 22.4. The standard InChI is InChI=1S/C41H62N2.2C13H27.Ni/c1-8-15-19-23-35-29-38(30-36(24-20-16-9-2)40(35)25-21-17-10-3)41(26-32(31-43-42)22-18-11-4)37-27-33(12-5)39(14-7)34(13-6)28-37;2*1-3-5-7-9-11-13-12-10-8-6-4-2;/h26-30H,8-25H2,1-7H3;2*1,3-13H2,2H3;. The van der Waals surface area contributed by atoms with Crippen LogP contribution in [-0.4, -0.2) is 10.7 Å². The zero-order valence-corrected chi connectivity index (χ0v) is 49.3. The molecule has 3 heteroatoms. The molecule has 0 amide bonds. The monoisotopic (exact) mass is 1010 g/mol. The smallest absolute Gasteiger partial charge is 0.348 e. The molecule has 404 valence electrons. The Morgan fingerprint density at radius 3 is 1.10 bits per heavy atom. The molecule has 0 saturated carbocycles. The Kier molecular flexibility index (Phi) is 45.0. The molecule has 0 unspecified atom stereocenters. The van der Waals surface area contributed by atoms with Crippen LogP contribution in [0.4, 0.5) is 0 Å². The van der Waals surface area contributed by atoms with E-state index in [1.807, 2.05) is 14.4 Å². The summed E-state index contributed by atoms with van der Waals surface area (Å²) in [5, 5.41) is 2.86. The Hall–Kier alpha value is -2.17. The minimum absolute atomic E-state index is 0.861. The minimum Gasteiger partial charge on any atom is -0.348 e. The van der Waals surface area contributed by atoms with Crippen molar-refractivity contribution in [2.24, 2.45) is 0 Å². The van der Waals surface area contributed by atoms with Gasteiger partial charge in [0.2, 0.25) is 0 Å². The van der Waals surface area contributed by atoms with E-state index in [0.717, 1.165) is 56.9 Å². The van der Waals surface area contributed by atoms with Crippen LogP contribution in [-0.2, 0) is 53.0 Å². The summed E-state index contributed by atoms with van der Waals surface area (Å²) in [7, 11) is 0. The normalized spacial score (nSPS) is 11.5. The summed E-state index contributed by atoms with van der Waals surface area (Å²) in [4.78, 5) is 3.38. The molecule has 0 fully saturated rings. The molecule has 0 saturated heterocycles. The van der Waals surface area contributed by atoms with Crippen LogP contribution in [0.25, 0.3) is 11.1 Å². The maximum atomic E-state index is 9.55. The molecule has 0 spiro atoms. The van der Waals surface area contributed by atoms with Crippen LogP contribution in [0.15, 0.2) is 35.9 Å². The fourth-order valence-electron chi connectivity index (χ4n) is 10.3. The van der Waals surface area contributed by atoms with Crippen LogP contribution in [0.2, 0.25) is 10.8 Å². The van der Waals surface area contributed by atoms with Crippen molar-refractivity contribution in [2.75, 3.05) is 0 Å². The van der Waals surface area contributed by atoms with E-state index in [4.69, 9.17) is 0 Å². The third-order valence-corrected chi connectivity index (χ3v) is 16.1. The maximum absolute atomic E-state index is 9.55. The van der Waals surface area contributed by atoms with Crippen LogP contribution in [0.3, 0.4) is 0 Å². The predicted molar refractivity (Wildman–Crippen MR) is 312 cm³/mol. The number of hydrogen-bond acceptors (Lipinski definition) is 0. The third-order valence-electron chi connectivity index (χ3n) is 14.7. The van der Waals surface area contributed by atoms with Crippen molar-refractivity contribution in [3.63, 3.8) is 0 Å². The van der Waals surface area contributed by atoms with Crippen molar-refractivity contribution in [2.45, 2.75) is 330 Å². The number of hydrogen-bond donors (Lipinski definition) is 0. The molecule has 2 nitrogen and oxygen atoms in total. The summed E-state index contributed by atoms with van der Waals surface area (Å²) in [6, 6.07) is 9.95. The summed E-state index contributed by atoms with van der Waals surface area (Å²) in [5.74, 6) is 2.95. The van der Waals surface area contributed by atoms with Crippen molar-refractivity contribution in [1.82, 2.24) is 0 Å². The van der Waals surface area contributed by atoms with E-state index in [2.05, 4.69) is 103 Å². The molecule has 0 aliphatic heterocycles. The van der Waals surface area contributed by atoms with Gasteiger partial charge in [0.05, 0.1) is 5.57 Å². The number of nitrogens with zero attached hydrogens (tertiary/aromatic N) is 2. The average Bonchev–Trinajstić information content (AvgIpc) is 3.37. The quantitative estimate of drug-likeness (QED) is 0.0158. The molecular weight excluding hydrogens is 891 g/mol. The van der Waals surface area contributed by atoms with Gasteiger partial charge in [0, 0.05) is 0 Å². The molecule has 0 atom stereocenters. The Bertz CT molecular complexity index is 1570. The third kappa shape index (κ3) is 31.4. The molecule has 70 heavy (non-hydrogen) atoms. The van der Waals surface area contributed by atoms with Crippen molar-refractivity contribution in [3.05, 3.63) is 86.0 Å². The molecule has 0 aliphatic rings. The summed E-state index contributed by atoms with van der Waals surface area (Å²) in [6.45, 7) is 20.6. The first-order chi connectivity index (χ1) is 34.4. The SMILES string of the molecule is CCCCCCCCCCCC[CH2][Ni][CH2]CCCCCCCCCCCC.CCCCCc1cc(C(=CC(=C=[N+]=[N-])CCCC)c2cc(CC)c(CC)c(CC)c2)cc(CCCCC)c1CCCCC. The van der Waals surface area contributed by atoms with E-state index >= 15 is 0 Å². The molecule has 2 aromatic rings. The predicted octanol–water partition coefficient (Wildman–Crippen LogP) is 22.5. The van der Waals surface area contributed by atoms with E-state index in [1.54, 1.807) is 16.7 Å². The summed E-state index contributed by atoms with van der Waals surface area (Å²) in [6.07, 6.45) is 55.6. The van der Waals surface area contributed by atoms with Crippen molar-refractivity contribution < 1.29 is 19.2 Å². The number of aryl methyl sites for hydroxylation is 4. The first-order valence-electron chi connectivity index (χ1n) is 30.8. The molecule has 0 heterocycles. The van der Waals surface area contributed by atoms with Gasteiger partial charge in [-0.05, 0) is 127 Å². The van der Waals surface area contributed by atoms with Crippen LogP contribution < -0.4 is 0 Å². The van der Waals surface area contributed by atoms with Crippen molar-refractivity contribution >= 4 is 11.4 Å². The topological polar surface area (TPSA) is 36.4 Å². The van der Waals surface area contributed by atoms with Gasteiger partial charge >= 0.3 is 172 Å².